The zero-order valence-electron chi connectivity index (χ0n) is 11.0. The van der Waals surface area contributed by atoms with Crippen LogP contribution in [0, 0.1) is 5.82 Å². The zero-order valence-corrected chi connectivity index (χ0v) is 11.0. The molecule has 0 heterocycles. The number of aldehydes is 1. The Balaban J connectivity index is 2.16. The van der Waals surface area contributed by atoms with Crippen LogP contribution < -0.4 is 0 Å². The van der Waals surface area contributed by atoms with Crippen molar-refractivity contribution < 1.29 is 22.4 Å². The Morgan fingerprint density at radius 2 is 1.67 bits per heavy atom. The molecule has 0 unspecified atom stereocenters. The number of carbonyl (C=O) groups excluding carboxylic acids is 1. The van der Waals surface area contributed by atoms with Crippen molar-refractivity contribution in [3.63, 3.8) is 0 Å². The molecule has 0 bridgehead atoms. The van der Waals surface area contributed by atoms with Gasteiger partial charge in [-0.2, -0.15) is 13.2 Å². The third kappa shape index (κ3) is 4.15. The molecular weight excluding hydrogens is 284 g/mol. The molecule has 0 atom stereocenters. The van der Waals surface area contributed by atoms with E-state index in [1.54, 1.807) is 24.3 Å². The van der Waals surface area contributed by atoms with Crippen LogP contribution in [0.25, 0.3) is 0 Å². The summed E-state index contributed by atoms with van der Waals surface area (Å²) in [7, 11) is 0. The van der Waals surface area contributed by atoms with Crippen molar-refractivity contribution in [1.82, 2.24) is 0 Å². The molecular formula is C16H12F4O. The number of benzene rings is 2. The van der Waals surface area contributed by atoms with Gasteiger partial charge in [0.15, 0.2) is 0 Å². The normalized spacial score (nSPS) is 11.4. The first kappa shape index (κ1) is 15.2. The smallest absolute Gasteiger partial charge is 0.298 e. The molecule has 0 radical (unpaired) electrons. The Bertz CT molecular complexity index is 647. The molecule has 0 aromatic heterocycles. The lowest BCUT2D eigenvalue weighted by molar-refractivity contribution is -0.137. The lowest BCUT2D eigenvalue weighted by Gasteiger charge is -2.09. The minimum Gasteiger partial charge on any atom is -0.298 e. The molecule has 0 saturated heterocycles. The van der Waals surface area contributed by atoms with E-state index < -0.39 is 17.6 Å². The van der Waals surface area contributed by atoms with Gasteiger partial charge in [0.1, 0.15) is 12.1 Å². The number of hydrogen-bond acceptors (Lipinski definition) is 1. The van der Waals surface area contributed by atoms with Gasteiger partial charge in [-0.1, -0.05) is 18.2 Å². The first-order valence-corrected chi connectivity index (χ1v) is 6.29. The van der Waals surface area contributed by atoms with Crippen molar-refractivity contribution >= 4 is 6.29 Å². The molecule has 0 aliphatic rings. The van der Waals surface area contributed by atoms with E-state index in [0.717, 1.165) is 17.7 Å². The standard InChI is InChI=1S/C16H12F4O/c17-15-8-12(7-14(9-15)16(18,19)20)5-4-11-2-1-3-13(6-11)10-21/h1-3,6-10H,4-5H2. The van der Waals surface area contributed by atoms with Crippen molar-refractivity contribution in [3.8, 4) is 0 Å². The van der Waals surface area contributed by atoms with Crippen molar-refractivity contribution in [1.29, 1.82) is 0 Å². The molecule has 0 aliphatic heterocycles. The Morgan fingerprint density at radius 3 is 2.33 bits per heavy atom. The summed E-state index contributed by atoms with van der Waals surface area (Å²) in [6.45, 7) is 0. The molecule has 5 heteroatoms. The average Bonchev–Trinajstić information content (AvgIpc) is 2.44. The van der Waals surface area contributed by atoms with Crippen LogP contribution in [0.15, 0.2) is 42.5 Å². The highest BCUT2D eigenvalue weighted by Crippen LogP contribution is 2.30. The number of rotatable bonds is 4. The van der Waals surface area contributed by atoms with Gasteiger partial charge in [0.05, 0.1) is 5.56 Å². The molecule has 0 spiro atoms. The predicted octanol–water partition coefficient (Wildman–Crippen LogP) is 4.44. The summed E-state index contributed by atoms with van der Waals surface area (Å²) in [4.78, 5) is 10.7. The summed E-state index contributed by atoms with van der Waals surface area (Å²) in [5.41, 5.74) is 0.609. The molecule has 2 aromatic carbocycles. The summed E-state index contributed by atoms with van der Waals surface area (Å²) < 4.78 is 51.1. The number of hydrogen-bond donors (Lipinski definition) is 0. The quantitative estimate of drug-likeness (QED) is 0.602. The first-order chi connectivity index (χ1) is 9.88. The highest BCUT2D eigenvalue weighted by atomic mass is 19.4. The molecule has 21 heavy (non-hydrogen) atoms. The fourth-order valence-electron chi connectivity index (χ4n) is 2.07. The number of halogens is 4. The fourth-order valence-corrected chi connectivity index (χ4v) is 2.07. The lowest BCUT2D eigenvalue weighted by atomic mass is 10.0. The van der Waals surface area contributed by atoms with Crippen LogP contribution in [0.1, 0.15) is 27.0 Å². The van der Waals surface area contributed by atoms with Gasteiger partial charge in [0.25, 0.3) is 0 Å². The van der Waals surface area contributed by atoms with Gasteiger partial charge < -0.3 is 0 Å². The van der Waals surface area contributed by atoms with Crippen LogP contribution in [0.2, 0.25) is 0 Å². The maximum absolute atomic E-state index is 13.3. The van der Waals surface area contributed by atoms with E-state index >= 15 is 0 Å². The van der Waals surface area contributed by atoms with E-state index in [0.29, 0.717) is 24.3 Å². The van der Waals surface area contributed by atoms with E-state index in [1.807, 2.05) is 0 Å². The van der Waals surface area contributed by atoms with Crippen molar-refractivity contribution in [2.24, 2.45) is 0 Å². The summed E-state index contributed by atoms with van der Waals surface area (Å²) in [5.74, 6) is -0.901. The topological polar surface area (TPSA) is 17.1 Å². The lowest BCUT2D eigenvalue weighted by Crippen LogP contribution is -2.06. The van der Waals surface area contributed by atoms with E-state index in [9.17, 15) is 22.4 Å². The molecule has 2 aromatic rings. The highest BCUT2D eigenvalue weighted by molar-refractivity contribution is 5.74. The van der Waals surface area contributed by atoms with Crippen LogP contribution in [-0.4, -0.2) is 6.29 Å². The number of carbonyl (C=O) groups is 1. The summed E-state index contributed by atoms with van der Waals surface area (Å²) in [5, 5.41) is 0. The molecule has 0 aliphatic carbocycles. The molecule has 0 N–H and O–H groups in total. The van der Waals surface area contributed by atoms with Gasteiger partial charge in [-0.25, -0.2) is 4.39 Å². The van der Waals surface area contributed by atoms with E-state index in [1.165, 1.54) is 0 Å². The minimum atomic E-state index is -4.56. The maximum Gasteiger partial charge on any atom is 0.416 e. The van der Waals surface area contributed by atoms with Crippen LogP contribution in [0.3, 0.4) is 0 Å². The molecule has 110 valence electrons. The molecule has 2 rings (SSSR count). The van der Waals surface area contributed by atoms with Crippen molar-refractivity contribution in [2.75, 3.05) is 0 Å². The van der Waals surface area contributed by atoms with E-state index in [2.05, 4.69) is 0 Å². The first-order valence-electron chi connectivity index (χ1n) is 6.29. The molecule has 0 amide bonds. The Hall–Kier alpha value is -2.17. The SMILES string of the molecule is O=Cc1cccc(CCc2cc(F)cc(C(F)(F)F)c2)c1. The Morgan fingerprint density at radius 1 is 0.952 bits per heavy atom. The second-order valence-corrected chi connectivity index (χ2v) is 4.71. The highest BCUT2D eigenvalue weighted by Gasteiger charge is 2.31. The molecule has 0 saturated carbocycles. The largest absolute Gasteiger partial charge is 0.416 e. The molecule has 1 nitrogen and oxygen atoms in total. The van der Waals surface area contributed by atoms with Crippen molar-refractivity contribution in [3.05, 3.63) is 70.5 Å². The zero-order chi connectivity index (χ0) is 15.5. The summed E-state index contributed by atoms with van der Waals surface area (Å²) >= 11 is 0. The van der Waals surface area contributed by atoms with Crippen LogP contribution in [0.4, 0.5) is 17.6 Å². The Labute approximate surface area is 119 Å². The van der Waals surface area contributed by atoms with Crippen LogP contribution >= 0.6 is 0 Å². The van der Waals surface area contributed by atoms with E-state index in [4.69, 9.17) is 0 Å². The fraction of sp³-hybridized carbons (Fsp3) is 0.188. The van der Waals surface area contributed by atoms with Gasteiger partial charge >= 0.3 is 6.18 Å². The monoisotopic (exact) mass is 296 g/mol. The van der Waals surface area contributed by atoms with Gasteiger partial charge in [-0.05, 0) is 48.2 Å². The third-order valence-electron chi connectivity index (χ3n) is 3.07. The summed E-state index contributed by atoms with van der Waals surface area (Å²) in [6.07, 6.45) is -3.16. The second kappa shape index (κ2) is 6.08. The Kier molecular flexibility index (Phi) is 4.40. The second-order valence-electron chi connectivity index (χ2n) is 4.71. The summed E-state index contributed by atoms with van der Waals surface area (Å²) in [6, 6.07) is 9.31. The van der Waals surface area contributed by atoms with Crippen LogP contribution in [-0.2, 0) is 19.0 Å². The number of aryl methyl sites for hydroxylation is 2. The van der Waals surface area contributed by atoms with Crippen molar-refractivity contribution in [2.45, 2.75) is 19.0 Å². The minimum absolute atomic E-state index is 0.267. The average molecular weight is 296 g/mol. The van der Waals surface area contributed by atoms with Crippen LogP contribution in [0.5, 0.6) is 0 Å². The molecule has 0 fully saturated rings. The predicted molar refractivity (Wildman–Crippen MR) is 70.6 cm³/mol. The van der Waals surface area contributed by atoms with E-state index in [-0.39, 0.29) is 12.0 Å². The number of alkyl halides is 3. The van der Waals surface area contributed by atoms with Gasteiger partial charge in [-0.15, -0.1) is 0 Å². The third-order valence-corrected chi connectivity index (χ3v) is 3.07. The van der Waals surface area contributed by atoms with Gasteiger partial charge in [0, 0.05) is 5.56 Å². The maximum atomic E-state index is 13.3. The van der Waals surface area contributed by atoms with Gasteiger partial charge in [0.2, 0.25) is 0 Å². The van der Waals surface area contributed by atoms with Gasteiger partial charge in [-0.3, -0.25) is 4.79 Å².